The van der Waals surface area contributed by atoms with Gasteiger partial charge in [0, 0.05) is 6.04 Å². The Labute approximate surface area is 112 Å². The number of hydrazone groups is 1. The summed E-state index contributed by atoms with van der Waals surface area (Å²) in [5, 5.41) is 7.76. The van der Waals surface area contributed by atoms with E-state index < -0.39 is 0 Å². The summed E-state index contributed by atoms with van der Waals surface area (Å²) in [7, 11) is 0. The van der Waals surface area contributed by atoms with Gasteiger partial charge in [0.05, 0.1) is 5.71 Å². The zero-order valence-electron chi connectivity index (χ0n) is 10.8. The average molecular weight is 267 g/mol. The zero-order chi connectivity index (χ0) is 13.5. The molecule has 0 bridgehead atoms. The molecule has 0 spiro atoms. The van der Waals surface area contributed by atoms with E-state index in [1.54, 1.807) is 12.1 Å². The van der Waals surface area contributed by atoms with Gasteiger partial charge in [-0.2, -0.15) is 5.10 Å². The lowest BCUT2D eigenvalue weighted by Crippen LogP contribution is -2.37. The van der Waals surface area contributed by atoms with Crippen LogP contribution in [0.1, 0.15) is 32.8 Å². The first-order valence-electron chi connectivity index (χ1n) is 5.92. The lowest BCUT2D eigenvalue weighted by molar-refractivity contribution is 0.627. The lowest BCUT2D eigenvalue weighted by Gasteiger charge is -2.11. The van der Waals surface area contributed by atoms with Crippen molar-refractivity contribution in [2.24, 2.45) is 5.10 Å². The normalized spacial score (nSPS) is 11.5. The van der Waals surface area contributed by atoms with Crippen LogP contribution < -0.4 is 10.7 Å². The quantitative estimate of drug-likeness (QED) is 0.500. The molecule has 0 radical (unpaired) electrons. The van der Waals surface area contributed by atoms with E-state index in [0.29, 0.717) is 5.11 Å². The number of thiocarbonyl (C=S) groups is 1. The molecule has 1 aromatic rings. The van der Waals surface area contributed by atoms with Crippen molar-refractivity contribution in [1.29, 1.82) is 0 Å². The second kappa shape index (κ2) is 7.06. The lowest BCUT2D eigenvalue weighted by atomic mass is 10.1. The standard InChI is InChI=1S/C13H18FN3S/c1-4-12(10-5-7-11(14)8-6-10)16-17-13(18)15-9(2)3/h5-9H,4H2,1-3H3,(H2,15,17,18)/b16-12-. The summed E-state index contributed by atoms with van der Waals surface area (Å²) < 4.78 is 12.8. The van der Waals surface area contributed by atoms with Gasteiger partial charge in [0.15, 0.2) is 5.11 Å². The monoisotopic (exact) mass is 267 g/mol. The summed E-state index contributed by atoms with van der Waals surface area (Å²) in [6, 6.07) is 6.52. The van der Waals surface area contributed by atoms with Crippen molar-refractivity contribution in [3.05, 3.63) is 35.6 Å². The topological polar surface area (TPSA) is 36.4 Å². The summed E-state index contributed by atoms with van der Waals surface area (Å²) in [6.45, 7) is 5.99. The summed E-state index contributed by atoms with van der Waals surface area (Å²) in [6.07, 6.45) is 0.739. The summed E-state index contributed by atoms with van der Waals surface area (Å²) >= 11 is 5.08. The van der Waals surface area contributed by atoms with Crippen LogP contribution in [0.5, 0.6) is 0 Å². The molecule has 0 aliphatic rings. The van der Waals surface area contributed by atoms with Crippen molar-refractivity contribution in [2.75, 3.05) is 0 Å². The van der Waals surface area contributed by atoms with Gasteiger partial charge in [-0.1, -0.05) is 19.1 Å². The van der Waals surface area contributed by atoms with Crippen LogP contribution in [-0.2, 0) is 0 Å². The van der Waals surface area contributed by atoms with Crippen molar-refractivity contribution in [3.63, 3.8) is 0 Å². The Morgan fingerprint density at radius 2 is 1.94 bits per heavy atom. The predicted octanol–water partition coefficient (Wildman–Crippen LogP) is 2.81. The van der Waals surface area contributed by atoms with Gasteiger partial charge in [0.1, 0.15) is 5.82 Å². The molecule has 0 heterocycles. The van der Waals surface area contributed by atoms with Crippen molar-refractivity contribution in [2.45, 2.75) is 33.2 Å². The van der Waals surface area contributed by atoms with Crippen LogP contribution in [0.4, 0.5) is 4.39 Å². The third kappa shape index (κ3) is 4.79. The van der Waals surface area contributed by atoms with E-state index in [9.17, 15) is 4.39 Å². The molecule has 0 saturated heterocycles. The number of nitrogens with zero attached hydrogens (tertiary/aromatic N) is 1. The Hall–Kier alpha value is -1.49. The highest BCUT2D eigenvalue weighted by Gasteiger charge is 2.02. The molecule has 98 valence electrons. The van der Waals surface area contributed by atoms with Crippen LogP contribution in [0.15, 0.2) is 29.4 Å². The maximum atomic E-state index is 12.8. The van der Waals surface area contributed by atoms with Crippen molar-refractivity contribution in [3.8, 4) is 0 Å². The Kier molecular flexibility index (Phi) is 5.71. The second-order valence-electron chi connectivity index (χ2n) is 4.16. The fourth-order valence-corrected chi connectivity index (χ4v) is 1.68. The Bertz CT molecular complexity index is 426. The SMILES string of the molecule is CC/C(=N/NC(=S)NC(C)C)c1ccc(F)cc1. The van der Waals surface area contributed by atoms with Crippen LogP contribution in [0.3, 0.4) is 0 Å². The zero-order valence-corrected chi connectivity index (χ0v) is 11.6. The molecule has 0 unspecified atom stereocenters. The van der Waals surface area contributed by atoms with Crippen molar-refractivity contribution in [1.82, 2.24) is 10.7 Å². The van der Waals surface area contributed by atoms with Gasteiger partial charge in [-0.25, -0.2) is 4.39 Å². The highest BCUT2D eigenvalue weighted by Crippen LogP contribution is 2.06. The molecule has 18 heavy (non-hydrogen) atoms. The van der Waals surface area contributed by atoms with Gasteiger partial charge in [-0.05, 0) is 50.2 Å². The summed E-state index contributed by atoms with van der Waals surface area (Å²) in [4.78, 5) is 0. The Morgan fingerprint density at radius 1 is 1.33 bits per heavy atom. The molecular formula is C13H18FN3S. The molecule has 5 heteroatoms. The molecule has 1 rings (SSSR count). The van der Waals surface area contributed by atoms with Crippen LogP contribution in [0.25, 0.3) is 0 Å². The average Bonchev–Trinajstić information content (AvgIpc) is 2.31. The fourth-order valence-electron chi connectivity index (χ4n) is 1.40. The first kappa shape index (κ1) is 14.6. The molecule has 0 saturated carbocycles. The minimum absolute atomic E-state index is 0.251. The minimum Gasteiger partial charge on any atom is -0.359 e. The van der Waals surface area contributed by atoms with E-state index in [-0.39, 0.29) is 11.9 Å². The molecule has 2 N–H and O–H groups in total. The van der Waals surface area contributed by atoms with E-state index in [4.69, 9.17) is 12.2 Å². The summed E-state index contributed by atoms with van der Waals surface area (Å²) in [5.41, 5.74) is 4.52. The number of halogens is 1. The molecule has 0 amide bonds. The molecule has 1 aromatic carbocycles. The predicted molar refractivity (Wildman–Crippen MR) is 77.2 cm³/mol. The smallest absolute Gasteiger partial charge is 0.187 e. The Morgan fingerprint density at radius 3 is 2.44 bits per heavy atom. The fraction of sp³-hybridized carbons (Fsp3) is 0.385. The van der Waals surface area contributed by atoms with Gasteiger partial charge in [-0.3, -0.25) is 5.43 Å². The van der Waals surface area contributed by atoms with Gasteiger partial charge < -0.3 is 5.32 Å². The maximum Gasteiger partial charge on any atom is 0.187 e. The molecule has 0 aliphatic heterocycles. The molecular weight excluding hydrogens is 249 g/mol. The number of hydrogen-bond acceptors (Lipinski definition) is 2. The van der Waals surface area contributed by atoms with Gasteiger partial charge in [0.25, 0.3) is 0 Å². The van der Waals surface area contributed by atoms with Crippen molar-refractivity contribution >= 4 is 23.0 Å². The highest BCUT2D eigenvalue weighted by molar-refractivity contribution is 7.80. The molecule has 0 atom stereocenters. The summed E-state index contributed by atoms with van der Waals surface area (Å²) in [5.74, 6) is -0.251. The second-order valence-corrected chi connectivity index (χ2v) is 4.57. The third-order valence-electron chi connectivity index (χ3n) is 2.22. The van der Waals surface area contributed by atoms with Gasteiger partial charge in [0.2, 0.25) is 0 Å². The van der Waals surface area contributed by atoms with E-state index in [1.165, 1.54) is 12.1 Å². The number of nitrogens with one attached hydrogen (secondary N) is 2. The highest BCUT2D eigenvalue weighted by atomic mass is 32.1. The van der Waals surface area contributed by atoms with E-state index in [1.807, 2.05) is 20.8 Å². The molecule has 0 aromatic heterocycles. The minimum atomic E-state index is -0.251. The number of benzene rings is 1. The van der Waals surface area contributed by atoms with Crippen LogP contribution in [-0.4, -0.2) is 16.9 Å². The number of rotatable bonds is 4. The van der Waals surface area contributed by atoms with Crippen LogP contribution in [0.2, 0.25) is 0 Å². The largest absolute Gasteiger partial charge is 0.359 e. The molecule has 3 nitrogen and oxygen atoms in total. The first-order chi connectivity index (χ1) is 8.52. The van der Waals surface area contributed by atoms with Crippen LogP contribution in [0, 0.1) is 5.82 Å². The van der Waals surface area contributed by atoms with Gasteiger partial charge >= 0.3 is 0 Å². The molecule has 0 aliphatic carbocycles. The molecule has 0 fully saturated rings. The first-order valence-corrected chi connectivity index (χ1v) is 6.32. The van der Waals surface area contributed by atoms with Gasteiger partial charge in [-0.15, -0.1) is 0 Å². The van der Waals surface area contributed by atoms with Crippen LogP contribution >= 0.6 is 12.2 Å². The third-order valence-corrected chi connectivity index (χ3v) is 2.43. The van der Waals surface area contributed by atoms with Crippen molar-refractivity contribution < 1.29 is 4.39 Å². The number of hydrogen-bond donors (Lipinski definition) is 2. The maximum absolute atomic E-state index is 12.8. The van der Waals surface area contributed by atoms with E-state index >= 15 is 0 Å². The Balaban J connectivity index is 2.71. The van der Waals surface area contributed by atoms with E-state index in [2.05, 4.69) is 15.8 Å². The van der Waals surface area contributed by atoms with E-state index in [0.717, 1.165) is 17.7 Å².